The molecule has 0 unspecified atom stereocenters. The average Bonchev–Trinajstić information content (AvgIpc) is 3.31. The average molecular weight is 489 g/mol. The minimum Gasteiger partial charge on any atom is -0.396 e. The number of aromatic amines is 1. The molecule has 3 aromatic rings. The number of fused-ring (bicyclic) bond motifs is 1. The van der Waals surface area contributed by atoms with Crippen LogP contribution in [0.5, 0.6) is 0 Å². The van der Waals surface area contributed by atoms with Crippen molar-refractivity contribution in [3.63, 3.8) is 0 Å². The molecule has 0 spiro atoms. The molecule has 3 aromatic heterocycles. The van der Waals surface area contributed by atoms with Crippen LogP contribution in [-0.2, 0) is 6.42 Å². The summed E-state index contributed by atoms with van der Waals surface area (Å²) in [6.07, 6.45) is 3.46. The summed E-state index contributed by atoms with van der Waals surface area (Å²) < 4.78 is 1.83. The molecule has 0 aromatic carbocycles. The second-order valence-electron chi connectivity index (χ2n) is 8.90. The Bertz CT molecular complexity index is 1170. The van der Waals surface area contributed by atoms with E-state index in [2.05, 4.69) is 59.1 Å². The molecular formula is C26H41ClN6O. The topological polar surface area (TPSA) is 82.9 Å². The van der Waals surface area contributed by atoms with E-state index in [1.54, 1.807) is 0 Å². The van der Waals surface area contributed by atoms with Gasteiger partial charge in [0.2, 0.25) is 0 Å². The monoisotopic (exact) mass is 488 g/mol. The zero-order chi connectivity index (χ0) is 26.0. The van der Waals surface area contributed by atoms with Crippen molar-refractivity contribution in [1.29, 1.82) is 0 Å². The number of rotatable bonds is 6. The molecule has 2 N–H and O–H groups in total. The smallest absolute Gasteiger partial charge is 0.178 e. The third-order valence-electron chi connectivity index (χ3n) is 4.97. The molecule has 0 aliphatic rings. The molecular weight excluding hydrogens is 448 g/mol. The first-order chi connectivity index (χ1) is 15.9. The number of aromatic nitrogens is 5. The van der Waals surface area contributed by atoms with E-state index in [4.69, 9.17) is 16.7 Å². The van der Waals surface area contributed by atoms with Crippen molar-refractivity contribution in [3.8, 4) is 0 Å². The Kier molecular flexibility index (Phi) is 12.0. The van der Waals surface area contributed by atoms with Gasteiger partial charge in [-0.25, -0.2) is 9.67 Å². The number of allylic oxidation sites excluding steroid dienone is 1. The Morgan fingerprint density at radius 1 is 1.29 bits per heavy atom. The van der Waals surface area contributed by atoms with Gasteiger partial charge in [-0.15, -0.1) is 11.7 Å². The number of aryl methyl sites for hydroxylation is 2. The zero-order valence-corrected chi connectivity index (χ0v) is 22.8. The van der Waals surface area contributed by atoms with Gasteiger partial charge in [-0.1, -0.05) is 35.9 Å². The summed E-state index contributed by atoms with van der Waals surface area (Å²) in [4.78, 5) is 9.61. The number of pyridine rings is 1. The second-order valence-corrected chi connectivity index (χ2v) is 9.28. The number of nitrogens with zero attached hydrogens (tertiary/aromatic N) is 5. The first kappa shape index (κ1) is 29.4. The number of hydrogen-bond donors (Lipinski definition) is 2. The normalized spacial score (nSPS) is 11.5. The molecule has 188 valence electrons. The van der Waals surface area contributed by atoms with Gasteiger partial charge in [0, 0.05) is 48.4 Å². The Balaban J connectivity index is 0.000000300. The van der Waals surface area contributed by atoms with Crippen LogP contribution in [0, 0.1) is 6.92 Å². The van der Waals surface area contributed by atoms with E-state index in [1.807, 2.05) is 51.7 Å². The predicted molar refractivity (Wildman–Crippen MR) is 144 cm³/mol. The fourth-order valence-corrected chi connectivity index (χ4v) is 3.59. The van der Waals surface area contributed by atoms with Crippen LogP contribution in [0.4, 0.5) is 0 Å². The molecule has 0 atom stereocenters. The highest BCUT2D eigenvalue weighted by Gasteiger charge is 2.09. The largest absolute Gasteiger partial charge is 0.396 e. The van der Waals surface area contributed by atoms with Gasteiger partial charge in [0.15, 0.2) is 5.65 Å². The molecule has 0 fully saturated rings. The van der Waals surface area contributed by atoms with E-state index in [9.17, 15) is 0 Å². The van der Waals surface area contributed by atoms with Gasteiger partial charge < -0.3 is 15.0 Å². The van der Waals surface area contributed by atoms with E-state index in [0.29, 0.717) is 6.04 Å². The number of aliphatic hydroxyl groups excluding tert-OH is 1. The molecule has 0 saturated carbocycles. The molecule has 3 rings (SSSR count). The van der Waals surface area contributed by atoms with Gasteiger partial charge in [-0.05, 0) is 66.0 Å². The number of halogens is 1. The van der Waals surface area contributed by atoms with Crippen LogP contribution in [0.25, 0.3) is 23.4 Å². The molecule has 7 nitrogen and oxygen atoms in total. The SMILES string of the molecule is C=C(C)C.C=c1[nH]c(CC)c(Cl)/c1=C(/C)N(C)CCCO.Cc1cnc2c(c1)nnn2C(C)C. The van der Waals surface area contributed by atoms with Crippen molar-refractivity contribution >= 4 is 35.0 Å². The van der Waals surface area contributed by atoms with Crippen LogP contribution in [0.2, 0.25) is 5.02 Å². The number of aliphatic hydroxyl groups is 1. The van der Waals surface area contributed by atoms with Crippen LogP contribution in [-0.4, -0.2) is 55.2 Å². The lowest BCUT2D eigenvalue weighted by Gasteiger charge is -2.19. The summed E-state index contributed by atoms with van der Waals surface area (Å²) in [6.45, 7) is 22.7. The molecule has 34 heavy (non-hydrogen) atoms. The van der Waals surface area contributed by atoms with E-state index >= 15 is 0 Å². The minimum atomic E-state index is 0.204. The third kappa shape index (κ3) is 8.29. The van der Waals surface area contributed by atoms with Crippen LogP contribution in [0.1, 0.15) is 65.3 Å². The molecule has 0 bridgehead atoms. The van der Waals surface area contributed by atoms with Crippen LogP contribution < -0.4 is 10.6 Å². The predicted octanol–water partition coefficient (Wildman–Crippen LogP) is 4.38. The summed E-state index contributed by atoms with van der Waals surface area (Å²) >= 11 is 6.33. The molecule has 0 saturated heterocycles. The number of nitrogens with one attached hydrogen (secondary N) is 1. The zero-order valence-electron chi connectivity index (χ0n) is 22.0. The highest BCUT2D eigenvalue weighted by molar-refractivity contribution is 6.31. The van der Waals surface area contributed by atoms with Gasteiger partial charge in [0.25, 0.3) is 0 Å². The fraction of sp³-hybridized carbons (Fsp3) is 0.500. The highest BCUT2D eigenvalue weighted by Crippen LogP contribution is 2.13. The second kappa shape index (κ2) is 13.9. The maximum atomic E-state index is 8.84. The van der Waals surface area contributed by atoms with Crippen LogP contribution in [0.15, 0.2) is 24.4 Å². The Morgan fingerprint density at radius 2 is 1.91 bits per heavy atom. The Hall–Kier alpha value is -2.64. The van der Waals surface area contributed by atoms with Gasteiger partial charge in [0.1, 0.15) is 5.52 Å². The van der Waals surface area contributed by atoms with Gasteiger partial charge >= 0.3 is 0 Å². The number of hydrogen-bond acceptors (Lipinski definition) is 5. The van der Waals surface area contributed by atoms with Crippen molar-refractivity contribution in [2.45, 2.75) is 67.3 Å². The molecule has 0 aliphatic heterocycles. The lowest BCUT2D eigenvalue weighted by atomic mass is 10.2. The quantitative estimate of drug-likeness (QED) is 0.503. The van der Waals surface area contributed by atoms with Crippen LogP contribution >= 0.6 is 11.6 Å². The van der Waals surface area contributed by atoms with E-state index in [0.717, 1.165) is 63.1 Å². The molecule has 8 heteroatoms. The summed E-state index contributed by atoms with van der Waals surface area (Å²) in [7, 11) is 2.00. The van der Waals surface area contributed by atoms with Crippen LogP contribution in [0.3, 0.4) is 0 Å². The lowest BCUT2D eigenvalue weighted by Crippen LogP contribution is -2.31. The van der Waals surface area contributed by atoms with Gasteiger partial charge in [0.05, 0.1) is 11.1 Å². The Morgan fingerprint density at radius 3 is 2.41 bits per heavy atom. The molecule has 0 amide bonds. The summed E-state index contributed by atoms with van der Waals surface area (Å²) in [5.74, 6) is 0. The highest BCUT2D eigenvalue weighted by atomic mass is 35.5. The first-order valence-corrected chi connectivity index (χ1v) is 12.0. The first-order valence-electron chi connectivity index (χ1n) is 11.6. The van der Waals surface area contributed by atoms with Crippen molar-refractivity contribution in [2.75, 3.05) is 20.2 Å². The fourth-order valence-electron chi connectivity index (χ4n) is 3.15. The van der Waals surface area contributed by atoms with Gasteiger partial charge in [-0.2, -0.15) is 0 Å². The van der Waals surface area contributed by atoms with E-state index in [1.165, 1.54) is 5.57 Å². The molecule has 0 aliphatic carbocycles. The standard InChI is InChI=1S/C13H21ClN2O.C9H12N4.C4H8/c1-5-11-13(14)12(9(2)15-11)10(3)16(4)7-6-8-17;1-6(2)13-9-8(11-12-13)4-7(3)5-10-9;1-4(2)3/h15,17H,2,5-8H2,1,3-4H3;4-6H,1-3H3;1H2,2-3H3/b12-10-;;. The van der Waals surface area contributed by atoms with Crippen molar-refractivity contribution < 1.29 is 5.11 Å². The lowest BCUT2D eigenvalue weighted by molar-refractivity contribution is 0.271. The maximum absolute atomic E-state index is 8.84. The molecule has 0 radical (unpaired) electrons. The van der Waals surface area contributed by atoms with Gasteiger partial charge in [-0.3, -0.25) is 0 Å². The van der Waals surface area contributed by atoms with E-state index < -0.39 is 0 Å². The summed E-state index contributed by atoms with van der Waals surface area (Å²) in [6, 6.07) is 2.30. The van der Waals surface area contributed by atoms with Crippen molar-refractivity contribution in [2.24, 2.45) is 0 Å². The van der Waals surface area contributed by atoms with E-state index in [-0.39, 0.29) is 6.61 Å². The summed E-state index contributed by atoms with van der Waals surface area (Å²) in [5, 5.41) is 19.6. The van der Waals surface area contributed by atoms with Crippen molar-refractivity contribution in [1.82, 2.24) is 29.9 Å². The third-order valence-corrected chi connectivity index (χ3v) is 5.38. The minimum absolute atomic E-state index is 0.204. The molecule has 3 heterocycles. The maximum Gasteiger partial charge on any atom is 0.178 e. The van der Waals surface area contributed by atoms with Crippen molar-refractivity contribution in [3.05, 3.63) is 51.3 Å². The Labute approximate surface area is 208 Å². The number of H-pyrrole nitrogens is 1. The summed E-state index contributed by atoms with van der Waals surface area (Å²) in [5.41, 5.74) is 6.13.